The van der Waals surface area contributed by atoms with Crippen LogP contribution >= 0.6 is 0 Å². The van der Waals surface area contributed by atoms with Crippen LogP contribution in [0.5, 0.6) is 0 Å². The Morgan fingerprint density at radius 1 is 1.31 bits per heavy atom. The number of sulfonamides is 1. The van der Waals surface area contributed by atoms with Gasteiger partial charge in [-0.1, -0.05) is 13.8 Å². The summed E-state index contributed by atoms with van der Waals surface area (Å²) in [5.74, 6) is -0.111. The van der Waals surface area contributed by atoms with Crippen LogP contribution in [0.1, 0.15) is 13.8 Å². The molecule has 1 aromatic carbocycles. The van der Waals surface area contributed by atoms with Gasteiger partial charge in [0.15, 0.2) is 0 Å². The number of benzene rings is 1. The molecular formula is C11H14FNO2S. The monoisotopic (exact) mass is 243 g/mol. The Balaban J connectivity index is 2.24. The highest BCUT2D eigenvalue weighted by Crippen LogP contribution is 2.32. The minimum atomic E-state index is -3.41. The molecule has 1 fully saturated rings. The van der Waals surface area contributed by atoms with Crippen LogP contribution in [-0.2, 0) is 10.0 Å². The van der Waals surface area contributed by atoms with E-state index in [1.807, 2.05) is 13.8 Å². The lowest BCUT2D eigenvalue weighted by molar-refractivity contribution is 0.518. The topological polar surface area (TPSA) is 37.1 Å². The van der Waals surface area contributed by atoms with E-state index in [2.05, 4.69) is 0 Å². The van der Waals surface area contributed by atoms with Crippen LogP contribution in [-0.4, -0.2) is 25.3 Å². The van der Waals surface area contributed by atoms with Gasteiger partial charge in [-0.3, -0.25) is 0 Å². The van der Waals surface area contributed by atoms with Gasteiger partial charge in [0.2, 0.25) is 10.0 Å². The largest absolute Gasteiger partial charge is 0.243 e. The first-order valence-electron chi connectivity index (χ1n) is 5.20. The van der Waals surface area contributed by atoms with E-state index >= 15 is 0 Å². The van der Waals surface area contributed by atoms with E-state index in [-0.39, 0.29) is 10.9 Å². The molecule has 1 unspecified atom stereocenters. The van der Waals surface area contributed by atoms with Crippen LogP contribution in [0, 0.1) is 11.7 Å². The zero-order chi connectivity index (χ0) is 11.9. The first-order chi connectivity index (χ1) is 7.43. The number of rotatable bonds is 3. The lowest BCUT2D eigenvalue weighted by atomic mass is 10.1. The van der Waals surface area contributed by atoms with Gasteiger partial charge in [-0.25, -0.2) is 12.8 Å². The highest BCUT2D eigenvalue weighted by Gasteiger charge is 2.45. The van der Waals surface area contributed by atoms with E-state index in [1.165, 1.54) is 28.6 Å². The van der Waals surface area contributed by atoms with E-state index in [4.69, 9.17) is 0 Å². The van der Waals surface area contributed by atoms with E-state index in [0.717, 1.165) is 0 Å². The minimum Gasteiger partial charge on any atom is -0.207 e. The maximum Gasteiger partial charge on any atom is 0.243 e. The third-order valence-electron chi connectivity index (χ3n) is 2.79. The second-order valence-electron chi connectivity index (χ2n) is 4.34. The molecule has 3 nitrogen and oxygen atoms in total. The zero-order valence-corrected chi connectivity index (χ0v) is 10.0. The molecule has 0 saturated carbocycles. The Morgan fingerprint density at radius 3 is 2.31 bits per heavy atom. The summed E-state index contributed by atoms with van der Waals surface area (Å²) in [7, 11) is -3.41. The van der Waals surface area contributed by atoms with Gasteiger partial charge in [0.1, 0.15) is 5.82 Å². The number of halogens is 1. The van der Waals surface area contributed by atoms with Gasteiger partial charge >= 0.3 is 0 Å². The van der Waals surface area contributed by atoms with Crippen molar-refractivity contribution in [1.29, 1.82) is 0 Å². The van der Waals surface area contributed by atoms with Crippen LogP contribution < -0.4 is 0 Å². The lowest BCUT2D eigenvalue weighted by Crippen LogP contribution is -2.17. The lowest BCUT2D eigenvalue weighted by Gasteiger charge is -2.07. The molecule has 1 aliphatic heterocycles. The molecule has 0 radical (unpaired) electrons. The van der Waals surface area contributed by atoms with Crippen molar-refractivity contribution in [1.82, 2.24) is 4.31 Å². The van der Waals surface area contributed by atoms with Gasteiger partial charge in [0, 0.05) is 12.6 Å². The smallest absolute Gasteiger partial charge is 0.207 e. The summed E-state index contributed by atoms with van der Waals surface area (Å²) in [5, 5.41) is 0. The van der Waals surface area contributed by atoms with E-state index < -0.39 is 15.8 Å². The molecule has 0 aliphatic carbocycles. The van der Waals surface area contributed by atoms with Crippen molar-refractivity contribution in [3.63, 3.8) is 0 Å². The second kappa shape index (κ2) is 3.82. The molecule has 0 spiro atoms. The first-order valence-corrected chi connectivity index (χ1v) is 6.64. The number of nitrogens with zero attached hydrogens (tertiary/aromatic N) is 1. The fourth-order valence-corrected chi connectivity index (χ4v) is 3.40. The third-order valence-corrected chi connectivity index (χ3v) is 4.70. The van der Waals surface area contributed by atoms with Crippen molar-refractivity contribution in [3.8, 4) is 0 Å². The fourth-order valence-electron chi connectivity index (χ4n) is 1.70. The summed E-state index contributed by atoms with van der Waals surface area (Å²) in [6.07, 6.45) is 0. The summed E-state index contributed by atoms with van der Waals surface area (Å²) < 4.78 is 38.2. The molecule has 16 heavy (non-hydrogen) atoms. The van der Waals surface area contributed by atoms with Gasteiger partial charge < -0.3 is 0 Å². The normalized spacial score (nSPS) is 24.8. The van der Waals surface area contributed by atoms with E-state index in [0.29, 0.717) is 12.5 Å². The van der Waals surface area contributed by atoms with E-state index in [9.17, 15) is 12.8 Å². The molecular weight excluding hydrogens is 229 g/mol. The molecule has 0 N–H and O–H groups in total. The van der Waals surface area contributed by atoms with Crippen LogP contribution in [0.15, 0.2) is 29.2 Å². The minimum absolute atomic E-state index is 0.0926. The average Bonchev–Trinajstić information content (AvgIpc) is 2.98. The summed E-state index contributed by atoms with van der Waals surface area (Å²) in [4.78, 5) is 0.164. The van der Waals surface area contributed by atoms with Gasteiger partial charge in [-0.2, -0.15) is 4.31 Å². The van der Waals surface area contributed by atoms with Crippen LogP contribution in [0.3, 0.4) is 0 Å². The van der Waals surface area contributed by atoms with Gasteiger partial charge in [-0.05, 0) is 30.2 Å². The van der Waals surface area contributed by atoms with Gasteiger partial charge in [0.25, 0.3) is 0 Å². The summed E-state index contributed by atoms with van der Waals surface area (Å²) in [6.45, 7) is 4.55. The highest BCUT2D eigenvalue weighted by atomic mass is 32.2. The molecule has 0 aromatic heterocycles. The Kier molecular flexibility index (Phi) is 2.75. The summed E-state index contributed by atoms with van der Waals surface area (Å²) in [5.41, 5.74) is 0. The first kappa shape index (κ1) is 11.5. The number of hydrogen-bond acceptors (Lipinski definition) is 2. The Hall–Kier alpha value is -0.940. The molecule has 2 rings (SSSR count). The molecule has 1 aromatic rings. The Morgan fingerprint density at radius 2 is 1.88 bits per heavy atom. The molecule has 1 saturated heterocycles. The standard InChI is InChI=1S/C11H14FNO2S/c1-8(2)11-7-13(11)16(14,15)10-5-3-9(12)4-6-10/h3-6,8,11H,7H2,1-2H3/t11-,13?/m1/s1. The van der Waals surface area contributed by atoms with Gasteiger partial charge in [0.05, 0.1) is 4.90 Å². The maximum atomic E-state index is 12.7. The average molecular weight is 243 g/mol. The van der Waals surface area contributed by atoms with Crippen molar-refractivity contribution in [3.05, 3.63) is 30.1 Å². The molecule has 1 aliphatic rings. The second-order valence-corrected chi connectivity index (χ2v) is 6.23. The summed E-state index contributed by atoms with van der Waals surface area (Å²) >= 11 is 0. The molecule has 88 valence electrons. The van der Waals surface area contributed by atoms with Crippen molar-refractivity contribution in [2.45, 2.75) is 24.8 Å². The van der Waals surface area contributed by atoms with Crippen molar-refractivity contribution in [2.24, 2.45) is 5.92 Å². The van der Waals surface area contributed by atoms with Gasteiger partial charge in [-0.15, -0.1) is 0 Å². The Labute approximate surface area is 94.9 Å². The SMILES string of the molecule is CC(C)[C@H]1CN1S(=O)(=O)c1ccc(F)cc1. The highest BCUT2D eigenvalue weighted by molar-refractivity contribution is 7.89. The molecule has 5 heteroatoms. The molecule has 0 bridgehead atoms. The van der Waals surface area contributed by atoms with Crippen LogP contribution in [0.25, 0.3) is 0 Å². The molecule has 2 atom stereocenters. The Bertz CT molecular complexity index is 481. The maximum absolute atomic E-state index is 12.7. The summed E-state index contributed by atoms with van der Waals surface area (Å²) in [6, 6.07) is 5.04. The van der Waals surface area contributed by atoms with Crippen LogP contribution in [0.4, 0.5) is 4.39 Å². The molecule has 1 heterocycles. The zero-order valence-electron chi connectivity index (χ0n) is 9.22. The quantitative estimate of drug-likeness (QED) is 0.760. The predicted molar refractivity (Wildman–Crippen MR) is 58.9 cm³/mol. The van der Waals surface area contributed by atoms with Crippen molar-refractivity contribution < 1.29 is 12.8 Å². The van der Waals surface area contributed by atoms with E-state index in [1.54, 1.807) is 0 Å². The molecule has 0 amide bonds. The predicted octanol–water partition coefficient (Wildman–Crippen LogP) is 1.85. The van der Waals surface area contributed by atoms with Crippen molar-refractivity contribution >= 4 is 10.0 Å². The fraction of sp³-hybridized carbons (Fsp3) is 0.455. The number of hydrogen-bond donors (Lipinski definition) is 0. The third kappa shape index (κ3) is 1.97. The van der Waals surface area contributed by atoms with Crippen molar-refractivity contribution in [2.75, 3.05) is 6.54 Å². The van der Waals surface area contributed by atoms with Crippen LogP contribution in [0.2, 0.25) is 0 Å².